The summed E-state index contributed by atoms with van der Waals surface area (Å²) in [6, 6.07) is 20.9. The first-order chi connectivity index (χ1) is 16.8. The van der Waals surface area contributed by atoms with Crippen molar-refractivity contribution in [2.45, 2.75) is 11.3 Å². The van der Waals surface area contributed by atoms with E-state index in [1.54, 1.807) is 44.6 Å². The highest BCUT2D eigenvalue weighted by atomic mass is 32.2. The molecule has 9 heteroatoms. The smallest absolute Gasteiger partial charge is 0.252 e. The van der Waals surface area contributed by atoms with E-state index in [0.29, 0.717) is 46.6 Å². The molecule has 1 amide bonds. The van der Waals surface area contributed by atoms with Crippen LogP contribution in [0.3, 0.4) is 0 Å². The molecular formula is C26H25N3O5S. The molecule has 0 aliphatic carbocycles. The van der Waals surface area contributed by atoms with Crippen LogP contribution in [0.5, 0.6) is 11.5 Å². The van der Waals surface area contributed by atoms with Crippen molar-refractivity contribution in [3.63, 3.8) is 0 Å². The third-order valence-corrected chi connectivity index (χ3v) is 6.52. The van der Waals surface area contributed by atoms with Crippen LogP contribution in [0.25, 0.3) is 22.2 Å². The molecule has 3 aromatic carbocycles. The summed E-state index contributed by atoms with van der Waals surface area (Å²) < 4.78 is 33.7. The van der Waals surface area contributed by atoms with Gasteiger partial charge in [-0.3, -0.25) is 4.79 Å². The van der Waals surface area contributed by atoms with Gasteiger partial charge in [-0.2, -0.15) is 0 Å². The number of hydrogen-bond donors (Lipinski definition) is 2. The molecule has 0 fully saturated rings. The molecule has 0 aliphatic heterocycles. The zero-order valence-electron chi connectivity index (χ0n) is 19.3. The van der Waals surface area contributed by atoms with E-state index in [-0.39, 0.29) is 10.8 Å². The molecule has 0 unspecified atom stereocenters. The van der Waals surface area contributed by atoms with E-state index in [4.69, 9.17) is 19.6 Å². The third-order valence-electron chi connectivity index (χ3n) is 5.59. The molecule has 35 heavy (non-hydrogen) atoms. The van der Waals surface area contributed by atoms with Gasteiger partial charge in [-0.25, -0.2) is 18.5 Å². The summed E-state index contributed by atoms with van der Waals surface area (Å²) in [5, 5.41) is 8.76. The number of pyridine rings is 1. The Morgan fingerprint density at radius 2 is 1.71 bits per heavy atom. The van der Waals surface area contributed by atoms with Gasteiger partial charge in [0.25, 0.3) is 5.91 Å². The Morgan fingerprint density at radius 3 is 2.40 bits per heavy atom. The molecule has 180 valence electrons. The van der Waals surface area contributed by atoms with Crippen LogP contribution in [0, 0.1) is 0 Å². The highest BCUT2D eigenvalue weighted by Gasteiger charge is 2.17. The van der Waals surface area contributed by atoms with Gasteiger partial charge in [0.2, 0.25) is 10.0 Å². The number of nitrogens with one attached hydrogen (secondary N) is 1. The van der Waals surface area contributed by atoms with E-state index < -0.39 is 10.0 Å². The second-order valence-corrected chi connectivity index (χ2v) is 9.39. The second-order valence-electron chi connectivity index (χ2n) is 7.83. The quantitative estimate of drug-likeness (QED) is 0.389. The molecule has 0 saturated carbocycles. The summed E-state index contributed by atoms with van der Waals surface area (Å²) in [6.45, 7) is 0.353. The maximum absolute atomic E-state index is 13.3. The van der Waals surface area contributed by atoms with Gasteiger partial charge in [-0.15, -0.1) is 0 Å². The van der Waals surface area contributed by atoms with E-state index in [2.05, 4.69) is 5.32 Å². The third kappa shape index (κ3) is 5.42. The number of fused-ring (bicyclic) bond motifs is 1. The number of benzene rings is 3. The minimum atomic E-state index is -3.74. The van der Waals surface area contributed by atoms with Crippen LogP contribution in [0.1, 0.15) is 15.9 Å². The minimum Gasteiger partial charge on any atom is -0.497 e. The van der Waals surface area contributed by atoms with Gasteiger partial charge in [0.05, 0.1) is 35.9 Å². The summed E-state index contributed by atoms with van der Waals surface area (Å²) in [6.07, 6.45) is 0.516. The van der Waals surface area contributed by atoms with Crippen LogP contribution < -0.4 is 19.9 Å². The number of para-hydroxylation sites is 1. The molecule has 0 atom stereocenters. The van der Waals surface area contributed by atoms with Crippen LogP contribution in [0.4, 0.5) is 0 Å². The lowest BCUT2D eigenvalue weighted by atomic mass is 10.0. The molecule has 0 spiro atoms. The van der Waals surface area contributed by atoms with E-state index in [0.717, 1.165) is 11.1 Å². The lowest BCUT2D eigenvalue weighted by molar-refractivity contribution is 0.0955. The summed E-state index contributed by atoms with van der Waals surface area (Å²) in [5.41, 5.74) is 3.37. The lowest BCUT2D eigenvalue weighted by Crippen LogP contribution is -2.26. The first kappa shape index (κ1) is 24.2. The number of carbonyl (C=O) groups is 1. The number of aromatic nitrogens is 1. The summed E-state index contributed by atoms with van der Waals surface area (Å²) in [5.74, 6) is 1.01. The molecule has 0 radical (unpaired) electrons. The van der Waals surface area contributed by atoms with Crippen LogP contribution in [0.2, 0.25) is 0 Å². The Labute approximate surface area is 203 Å². The van der Waals surface area contributed by atoms with E-state index in [9.17, 15) is 13.2 Å². The topological polar surface area (TPSA) is 121 Å². The van der Waals surface area contributed by atoms with Crippen molar-refractivity contribution in [2.75, 3.05) is 20.8 Å². The van der Waals surface area contributed by atoms with Crippen molar-refractivity contribution in [3.05, 3.63) is 83.9 Å². The Balaban J connectivity index is 1.62. The number of ether oxygens (including phenoxy) is 2. The van der Waals surface area contributed by atoms with Gasteiger partial charge in [0.1, 0.15) is 11.5 Å². The fourth-order valence-electron chi connectivity index (χ4n) is 3.78. The van der Waals surface area contributed by atoms with Crippen LogP contribution >= 0.6 is 0 Å². The first-order valence-electron chi connectivity index (χ1n) is 10.8. The number of nitrogens with two attached hydrogens (primary N) is 1. The summed E-state index contributed by atoms with van der Waals surface area (Å²) >= 11 is 0. The average Bonchev–Trinajstić information content (AvgIpc) is 2.87. The zero-order chi connectivity index (χ0) is 25.0. The molecule has 0 bridgehead atoms. The Kier molecular flexibility index (Phi) is 6.99. The predicted molar refractivity (Wildman–Crippen MR) is 134 cm³/mol. The number of rotatable bonds is 8. The van der Waals surface area contributed by atoms with Crippen molar-refractivity contribution < 1.29 is 22.7 Å². The van der Waals surface area contributed by atoms with Gasteiger partial charge in [0.15, 0.2) is 0 Å². The lowest BCUT2D eigenvalue weighted by Gasteiger charge is -2.13. The van der Waals surface area contributed by atoms with Gasteiger partial charge in [0, 0.05) is 17.5 Å². The maximum Gasteiger partial charge on any atom is 0.252 e. The molecule has 4 rings (SSSR count). The van der Waals surface area contributed by atoms with E-state index >= 15 is 0 Å². The molecule has 3 N–H and O–H groups in total. The number of primary sulfonamides is 1. The van der Waals surface area contributed by atoms with Gasteiger partial charge < -0.3 is 14.8 Å². The standard InChI is InChI=1S/C26H25N3O5S/c1-33-18-9-12-23-21(15-18)22(16-24(29-23)20-5-3-4-6-25(20)34-2)26(30)28-14-13-17-7-10-19(11-8-17)35(27,31)32/h3-12,15-16H,13-14H2,1-2H3,(H,28,30)(H2,27,31,32). The molecule has 0 saturated heterocycles. The van der Waals surface area contributed by atoms with Gasteiger partial charge >= 0.3 is 0 Å². The van der Waals surface area contributed by atoms with Gasteiger partial charge in [-0.05, 0) is 60.5 Å². The van der Waals surface area contributed by atoms with Crippen molar-refractivity contribution in [2.24, 2.45) is 5.14 Å². The first-order valence-corrected chi connectivity index (χ1v) is 12.4. The minimum absolute atomic E-state index is 0.0476. The SMILES string of the molecule is COc1ccc2nc(-c3ccccc3OC)cc(C(=O)NCCc3ccc(S(N)(=O)=O)cc3)c2c1. The molecule has 0 aliphatic rings. The zero-order valence-corrected chi connectivity index (χ0v) is 20.1. The largest absolute Gasteiger partial charge is 0.497 e. The monoisotopic (exact) mass is 491 g/mol. The molecule has 1 heterocycles. The van der Waals surface area contributed by atoms with Crippen molar-refractivity contribution in [1.29, 1.82) is 0 Å². The number of methoxy groups -OCH3 is 2. The molecule has 4 aromatic rings. The Morgan fingerprint density at radius 1 is 0.971 bits per heavy atom. The Hall–Kier alpha value is -3.95. The fourth-order valence-corrected chi connectivity index (χ4v) is 4.29. The van der Waals surface area contributed by atoms with Crippen LogP contribution in [0.15, 0.2) is 77.7 Å². The number of amides is 1. The highest BCUT2D eigenvalue weighted by Crippen LogP contribution is 2.32. The fraction of sp³-hybridized carbons (Fsp3) is 0.154. The predicted octanol–water partition coefficient (Wildman–Crippen LogP) is 3.54. The van der Waals surface area contributed by atoms with Crippen molar-refractivity contribution in [1.82, 2.24) is 10.3 Å². The normalized spacial score (nSPS) is 11.3. The van der Waals surface area contributed by atoms with E-state index in [1.165, 1.54) is 12.1 Å². The summed E-state index contributed by atoms with van der Waals surface area (Å²) in [7, 11) is -0.584. The average molecular weight is 492 g/mol. The van der Waals surface area contributed by atoms with Crippen LogP contribution in [-0.4, -0.2) is 40.1 Å². The maximum atomic E-state index is 13.3. The highest BCUT2D eigenvalue weighted by molar-refractivity contribution is 7.89. The molecular weight excluding hydrogens is 466 g/mol. The van der Waals surface area contributed by atoms with E-state index in [1.807, 2.05) is 30.3 Å². The van der Waals surface area contributed by atoms with Crippen molar-refractivity contribution in [3.8, 4) is 22.8 Å². The van der Waals surface area contributed by atoms with Crippen LogP contribution in [-0.2, 0) is 16.4 Å². The van der Waals surface area contributed by atoms with Gasteiger partial charge in [-0.1, -0.05) is 24.3 Å². The molecule has 1 aromatic heterocycles. The molecule has 8 nitrogen and oxygen atoms in total. The Bertz CT molecular complexity index is 1490. The number of sulfonamides is 1. The number of hydrogen-bond acceptors (Lipinski definition) is 6. The second kappa shape index (κ2) is 10.1. The number of nitrogens with zero attached hydrogens (tertiary/aromatic N) is 1. The summed E-state index contributed by atoms with van der Waals surface area (Å²) in [4.78, 5) is 18.1. The number of carbonyl (C=O) groups excluding carboxylic acids is 1. The van der Waals surface area contributed by atoms with Crippen molar-refractivity contribution >= 4 is 26.8 Å².